The third-order valence-electron chi connectivity index (χ3n) is 7.27. The summed E-state index contributed by atoms with van der Waals surface area (Å²) in [5.41, 5.74) is 3.12. The first kappa shape index (κ1) is 21.7. The average Bonchev–Trinajstić information content (AvgIpc) is 2.82. The Kier molecular flexibility index (Phi) is 6.15. The summed E-state index contributed by atoms with van der Waals surface area (Å²) in [7, 11) is 0. The summed E-state index contributed by atoms with van der Waals surface area (Å²) >= 11 is 0. The van der Waals surface area contributed by atoms with Crippen LogP contribution in [0.3, 0.4) is 0 Å². The molecule has 6 heteroatoms. The highest BCUT2D eigenvalue weighted by Crippen LogP contribution is 2.34. The normalized spacial score (nSPS) is 22.0. The second kappa shape index (κ2) is 9.36. The van der Waals surface area contributed by atoms with Crippen LogP contribution < -0.4 is 5.32 Å². The molecule has 33 heavy (non-hydrogen) atoms. The lowest BCUT2D eigenvalue weighted by Gasteiger charge is -2.43. The zero-order valence-corrected chi connectivity index (χ0v) is 19.2. The molecule has 1 atom stereocenters. The van der Waals surface area contributed by atoms with Gasteiger partial charge in [-0.25, -0.2) is 0 Å². The highest BCUT2D eigenvalue weighted by molar-refractivity contribution is 5.94. The van der Waals surface area contributed by atoms with Crippen molar-refractivity contribution in [1.29, 1.82) is 5.26 Å². The Morgan fingerprint density at radius 3 is 2.85 bits per heavy atom. The number of rotatable bonds is 5. The number of hydrogen-bond acceptors (Lipinski definition) is 5. The Morgan fingerprint density at radius 1 is 1.27 bits per heavy atom. The van der Waals surface area contributed by atoms with E-state index in [2.05, 4.69) is 51.6 Å². The predicted octanol–water partition coefficient (Wildman–Crippen LogP) is 4.08. The van der Waals surface area contributed by atoms with Gasteiger partial charge in [0.05, 0.1) is 6.07 Å². The number of hydrogen-bond donors (Lipinski definition) is 1. The maximum atomic E-state index is 11.4. The molecule has 1 aliphatic carbocycles. The van der Waals surface area contributed by atoms with Crippen molar-refractivity contribution in [2.24, 2.45) is 5.92 Å². The van der Waals surface area contributed by atoms with Crippen LogP contribution in [0.1, 0.15) is 37.7 Å². The van der Waals surface area contributed by atoms with E-state index in [1.807, 2.05) is 23.4 Å². The highest BCUT2D eigenvalue weighted by Gasteiger charge is 2.31. The summed E-state index contributed by atoms with van der Waals surface area (Å²) in [5, 5.41) is 15.5. The number of nitrogens with zero attached hydrogens (tertiary/aromatic N) is 4. The lowest BCUT2D eigenvalue weighted by molar-refractivity contribution is -0.135. The number of nitrogens with one attached hydrogen (secondary N) is 1. The van der Waals surface area contributed by atoms with Crippen molar-refractivity contribution in [3.05, 3.63) is 60.0 Å². The minimum atomic E-state index is 0.196. The topological polar surface area (TPSA) is 72.3 Å². The van der Waals surface area contributed by atoms with Crippen molar-refractivity contribution in [2.75, 3.05) is 38.0 Å². The quantitative estimate of drug-likeness (QED) is 0.757. The van der Waals surface area contributed by atoms with Gasteiger partial charge in [0.25, 0.3) is 0 Å². The Morgan fingerprint density at radius 2 is 2.09 bits per heavy atom. The monoisotopic (exact) mass is 441 g/mol. The number of allylic oxidation sites excluding steroid dienone is 4. The summed E-state index contributed by atoms with van der Waals surface area (Å²) in [6.07, 6.45) is 13.0. The van der Waals surface area contributed by atoms with Crippen molar-refractivity contribution in [3.8, 4) is 6.07 Å². The maximum absolute atomic E-state index is 11.4. The van der Waals surface area contributed by atoms with Gasteiger partial charge in [-0.15, -0.1) is 0 Å². The van der Waals surface area contributed by atoms with Crippen molar-refractivity contribution < 1.29 is 4.79 Å². The van der Waals surface area contributed by atoms with Crippen LogP contribution >= 0.6 is 0 Å². The van der Waals surface area contributed by atoms with Gasteiger partial charge in [0.15, 0.2) is 0 Å². The number of piperidine rings is 1. The van der Waals surface area contributed by atoms with E-state index >= 15 is 0 Å². The zero-order valence-electron chi connectivity index (χ0n) is 19.2. The summed E-state index contributed by atoms with van der Waals surface area (Å²) < 4.78 is 0. The number of nitriles is 1. The number of pyridine rings is 1. The third kappa shape index (κ3) is 4.79. The second-order valence-electron chi connectivity index (χ2n) is 9.65. The number of aromatic nitrogens is 1. The van der Waals surface area contributed by atoms with Gasteiger partial charge in [-0.05, 0) is 48.4 Å². The zero-order chi connectivity index (χ0) is 22.8. The molecule has 0 bridgehead atoms. The van der Waals surface area contributed by atoms with Gasteiger partial charge in [0, 0.05) is 86.6 Å². The van der Waals surface area contributed by atoms with Gasteiger partial charge in [-0.1, -0.05) is 18.2 Å². The molecule has 6 nitrogen and oxygen atoms in total. The molecule has 5 rings (SSSR count). The number of carbonyl (C=O) groups excluding carboxylic acids is 1. The summed E-state index contributed by atoms with van der Waals surface area (Å²) in [5.74, 6) is 1.05. The molecule has 170 valence electrons. The predicted molar refractivity (Wildman–Crippen MR) is 131 cm³/mol. The Labute approximate surface area is 195 Å². The minimum Gasteiger partial charge on any atom is -0.382 e. The summed E-state index contributed by atoms with van der Waals surface area (Å²) in [6, 6.07) is 9.29. The standard InChI is InChI=1S/C27H31N5O/c1-19(33)32-17-21(18-32)16-31-9-6-25(7-10-31)30-27-13-24(12-23-5-8-29-15-26(23)27)22-4-2-3-20(11-22)14-28/h2-3,5,8,11-13,15,21-22,25,30H,4,6-7,9-10,16-18H2,1H3. The smallest absolute Gasteiger partial charge is 0.219 e. The fourth-order valence-electron chi connectivity index (χ4n) is 5.33. The number of benzene rings is 1. The van der Waals surface area contributed by atoms with Crippen LogP contribution in [0.25, 0.3) is 10.8 Å². The molecule has 1 amide bonds. The van der Waals surface area contributed by atoms with E-state index in [4.69, 9.17) is 0 Å². The SMILES string of the molecule is CC(=O)N1CC(CN2CCC(Nc3cc(C4C=C(C#N)C=CC4)cc4ccncc34)CC2)C1. The second-order valence-corrected chi connectivity index (χ2v) is 9.65. The van der Waals surface area contributed by atoms with Gasteiger partial charge in [0.2, 0.25) is 5.91 Å². The number of amides is 1. The van der Waals surface area contributed by atoms with E-state index in [-0.39, 0.29) is 11.8 Å². The van der Waals surface area contributed by atoms with Crippen LogP contribution in [0.5, 0.6) is 0 Å². The number of fused-ring (bicyclic) bond motifs is 1. The largest absolute Gasteiger partial charge is 0.382 e. The highest BCUT2D eigenvalue weighted by atomic mass is 16.2. The molecular formula is C27H31N5O. The fraction of sp³-hybridized carbons (Fsp3) is 0.444. The molecule has 2 saturated heterocycles. The van der Waals surface area contributed by atoms with Gasteiger partial charge in [0.1, 0.15) is 0 Å². The average molecular weight is 442 g/mol. The van der Waals surface area contributed by atoms with E-state index in [1.54, 1.807) is 6.92 Å². The third-order valence-corrected chi connectivity index (χ3v) is 7.27. The molecule has 0 saturated carbocycles. The molecule has 1 aromatic heterocycles. The van der Waals surface area contributed by atoms with Crippen molar-refractivity contribution in [1.82, 2.24) is 14.8 Å². The van der Waals surface area contributed by atoms with Gasteiger partial charge < -0.3 is 15.1 Å². The summed E-state index contributed by atoms with van der Waals surface area (Å²) in [4.78, 5) is 20.3. The molecule has 1 unspecified atom stereocenters. The van der Waals surface area contributed by atoms with Crippen LogP contribution in [0.4, 0.5) is 5.69 Å². The first-order chi connectivity index (χ1) is 16.1. The Balaban J connectivity index is 1.26. The molecule has 1 N–H and O–H groups in total. The van der Waals surface area contributed by atoms with E-state index < -0.39 is 0 Å². The van der Waals surface area contributed by atoms with Crippen LogP contribution in [-0.2, 0) is 4.79 Å². The summed E-state index contributed by atoms with van der Waals surface area (Å²) in [6.45, 7) is 6.76. The molecular weight excluding hydrogens is 410 g/mol. The molecule has 2 aromatic rings. The Hall–Kier alpha value is -3.17. The number of carbonyl (C=O) groups is 1. The Bertz CT molecular complexity index is 1130. The molecule has 3 aliphatic rings. The van der Waals surface area contributed by atoms with Gasteiger partial charge in [-0.2, -0.15) is 5.26 Å². The van der Waals surface area contributed by atoms with Gasteiger partial charge in [-0.3, -0.25) is 9.78 Å². The number of likely N-dealkylation sites (tertiary alicyclic amines) is 2. The van der Waals surface area contributed by atoms with Crippen LogP contribution in [0.2, 0.25) is 0 Å². The molecule has 1 aromatic carbocycles. The minimum absolute atomic E-state index is 0.196. The van der Waals surface area contributed by atoms with Crippen LogP contribution in [0, 0.1) is 17.2 Å². The van der Waals surface area contributed by atoms with Gasteiger partial charge >= 0.3 is 0 Å². The molecule has 2 fully saturated rings. The van der Waals surface area contributed by atoms with E-state index in [1.165, 1.54) is 10.9 Å². The van der Waals surface area contributed by atoms with E-state index in [9.17, 15) is 10.1 Å². The van der Waals surface area contributed by atoms with E-state index in [0.717, 1.165) is 68.6 Å². The first-order valence-corrected chi connectivity index (χ1v) is 12.0. The molecule has 3 heterocycles. The van der Waals surface area contributed by atoms with Crippen molar-refractivity contribution >= 4 is 22.4 Å². The molecule has 0 spiro atoms. The first-order valence-electron chi connectivity index (χ1n) is 12.0. The van der Waals surface area contributed by atoms with Crippen LogP contribution in [0.15, 0.2) is 54.4 Å². The lowest BCUT2D eigenvalue weighted by Crippen LogP contribution is -2.54. The van der Waals surface area contributed by atoms with Crippen LogP contribution in [-0.4, -0.2) is 59.5 Å². The number of anilines is 1. The van der Waals surface area contributed by atoms with E-state index in [0.29, 0.717) is 12.0 Å². The van der Waals surface area contributed by atoms with Crippen molar-refractivity contribution in [3.63, 3.8) is 0 Å². The lowest BCUT2D eigenvalue weighted by atomic mass is 9.88. The maximum Gasteiger partial charge on any atom is 0.219 e. The molecule has 2 aliphatic heterocycles. The molecule has 0 radical (unpaired) electrons. The van der Waals surface area contributed by atoms with Crippen molar-refractivity contribution in [2.45, 2.75) is 38.1 Å². The fourth-order valence-corrected chi connectivity index (χ4v) is 5.33.